The molecular weight excluding hydrogens is 709 g/mol. The Morgan fingerprint density at radius 1 is 0.345 bits per heavy atom. The van der Waals surface area contributed by atoms with Crippen molar-refractivity contribution >= 4 is 76.9 Å². The third kappa shape index (κ3) is 4.26. The molecule has 5 aromatic heterocycles. The molecule has 0 radical (unpaired) electrons. The molecule has 58 heavy (non-hydrogen) atoms. The van der Waals surface area contributed by atoms with E-state index in [0.29, 0.717) is 0 Å². The summed E-state index contributed by atoms with van der Waals surface area (Å²) in [6.07, 6.45) is 9.08. The average Bonchev–Trinajstić information content (AvgIpc) is 4.01. The van der Waals surface area contributed by atoms with Gasteiger partial charge in [-0.05, 0) is 72.3 Å². The van der Waals surface area contributed by atoms with Gasteiger partial charge < -0.3 is 4.90 Å². The maximum atomic E-state index is 5.47. The lowest BCUT2D eigenvalue weighted by Gasteiger charge is -2.28. The van der Waals surface area contributed by atoms with E-state index in [-0.39, 0.29) is 12.0 Å². The number of fused-ring (bicyclic) bond motifs is 13. The highest BCUT2D eigenvalue weighted by atomic mass is 15.3. The summed E-state index contributed by atoms with van der Waals surface area (Å²) < 4.78 is 6.95. The monoisotopic (exact) mass is 742 g/mol. The van der Waals surface area contributed by atoms with Gasteiger partial charge in [-0.3, -0.25) is 13.7 Å². The minimum absolute atomic E-state index is 0.0744. The van der Waals surface area contributed by atoms with Crippen LogP contribution in [0, 0.1) is 0 Å². The fourth-order valence-electron chi connectivity index (χ4n) is 10.1. The van der Waals surface area contributed by atoms with Gasteiger partial charge in [-0.2, -0.15) is 0 Å². The molecule has 6 heteroatoms. The molecule has 2 atom stereocenters. The second-order valence-electron chi connectivity index (χ2n) is 15.3. The summed E-state index contributed by atoms with van der Waals surface area (Å²) in [6.45, 7) is 0. The summed E-state index contributed by atoms with van der Waals surface area (Å²) in [4.78, 5) is 13.4. The van der Waals surface area contributed by atoms with Gasteiger partial charge >= 0.3 is 0 Å². The molecule has 1 aliphatic carbocycles. The standard InChI is InChI=1S/C52H34N6/c1-7-21-39-33(15-1)34-16-2-8-22-40(34)55(39)47-27-13-29-49(53-47)57-43-25-11-5-19-37(43)51-45(57)31-32-46-52(51)38-20-6-12-26-44(38)58(46)50-30-14-28-48(54-50)56-41-23-9-3-17-35(41)36-18-4-10-24-42(36)56/h1-32,37,43H. The fourth-order valence-corrected chi connectivity index (χ4v) is 10.1. The van der Waals surface area contributed by atoms with Crippen LogP contribution in [0.15, 0.2) is 194 Å². The van der Waals surface area contributed by atoms with Crippen LogP contribution < -0.4 is 4.90 Å². The van der Waals surface area contributed by atoms with Crippen LogP contribution >= 0.6 is 0 Å². The van der Waals surface area contributed by atoms with Gasteiger partial charge in [0.2, 0.25) is 0 Å². The summed E-state index contributed by atoms with van der Waals surface area (Å²) >= 11 is 0. The predicted molar refractivity (Wildman–Crippen MR) is 238 cm³/mol. The number of aromatic nitrogens is 5. The second kappa shape index (κ2) is 11.9. The lowest BCUT2D eigenvalue weighted by Crippen LogP contribution is -2.29. The summed E-state index contributed by atoms with van der Waals surface area (Å²) in [5, 5.41) is 7.38. The molecule has 6 aromatic carbocycles. The molecule has 0 spiro atoms. The number of hydrogen-bond donors (Lipinski definition) is 0. The lowest BCUT2D eigenvalue weighted by atomic mass is 9.89. The van der Waals surface area contributed by atoms with Gasteiger partial charge in [0.25, 0.3) is 0 Å². The third-order valence-electron chi connectivity index (χ3n) is 12.4. The van der Waals surface area contributed by atoms with Gasteiger partial charge in [-0.25, -0.2) is 9.97 Å². The second-order valence-corrected chi connectivity index (χ2v) is 15.3. The molecule has 1 aliphatic heterocycles. The van der Waals surface area contributed by atoms with Crippen LogP contribution in [0.4, 0.5) is 11.5 Å². The smallest absolute Gasteiger partial charge is 0.140 e. The number of anilines is 2. The van der Waals surface area contributed by atoms with Crippen LogP contribution in [0.2, 0.25) is 0 Å². The Labute approximate surface area is 333 Å². The molecule has 0 bridgehead atoms. The van der Waals surface area contributed by atoms with E-state index in [0.717, 1.165) is 56.4 Å². The number of benzene rings is 6. The molecule has 0 saturated heterocycles. The highest BCUT2D eigenvalue weighted by molar-refractivity contribution is 6.14. The van der Waals surface area contributed by atoms with E-state index in [1.165, 1.54) is 43.6 Å². The minimum atomic E-state index is 0.0744. The van der Waals surface area contributed by atoms with Gasteiger partial charge in [0.05, 0.1) is 39.1 Å². The molecule has 11 aromatic rings. The van der Waals surface area contributed by atoms with Crippen molar-refractivity contribution in [1.82, 2.24) is 23.7 Å². The van der Waals surface area contributed by atoms with Gasteiger partial charge in [-0.15, -0.1) is 0 Å². The van der Waals surface area contributed by atoms with E-state index in [9.17, 15) is 0 Å². The van der Waals surface area contributed by atoms with Crippen LogP contribution in [0.1, 0.15) is 11.5 Å². The Hall–Kier alpha value is -7.70. The topological polar surface area (TPSA) is 43.8 Å². The van der Waals surface area contributed by atoms with Crippen molar-refractivity contribution in [2.75, 3.05) is 4.90 Å². The molecule has 0 N–H and O–H groups in total. The van der Waals surface area contributed by atoms with Gasteiger partial charge in [-0.1, -0.05) is 127 Å². The minimum Gasteiger partial charge on any atom is -0.318 e. The Balaban J connectivity index is 1.01. The molecule has 13 rings (SSSR count). The fraction of sp³-hybridized carbons (Fsp3) is 0.0385. The van der Waals surface area contributed by atoms with Gasteiger partial charge in [0, 0.05) is 43.9 Å². The van der Waals surface area contributed by atoms with E-state index in [4.69, 9.17) is 9.97 Å². The summed E-state index contributed by atoms with van der Waals surface area (Å²) in [6, 6.07) is 60.8. The number of rotatable bonds is 4. The van der Waals surface area contributed by atoms with Crippen molar-refractivity contribution < 1.29 is 0 Å². The summed E-state index contributed by atoms with van der Waals surface area (Å²) in [7, 11) is 0. The first-order valence-electron chi connectivity index (χ1n) is 19.9. The Kier molecular flexibility index (Phi) is 6.46. The van der Waals surface area contributed by atoms with Crippen LogP contribution in [0.5, 0.6) is 0 Å². The third-order valence-corrected chi connectivity index (χ3v) is 12.4. The number of hydrogen-bond acceptors (Lipinski definition) is 3. The molecule has 0 fully saturated rings. The normalized spacial score (nSPS) is 16.1. The zero-order valence-corrected chi connectivity index (χ0v) is 31.3. The number of allylic oxidation sites excluding steroid dienone is 2. The van der Waals surface area contributed by atoms with Crippen molar-refractivity contribution in [3.8, 4) is 17.5 Å². The Morgan fingerprint density at radius 3 is 1.29 bits per heavy atom. The SMILES string of the molecule is C1=CC2c3c(ccc4c3c3ccccc3n4-c3cccc(-n4c5ccccc5c5ccccc54)n3)N(c3cccc(-n4c5ccccc5c5ccccc54)n3)C2C=C1. The number of para-hydroxylation sites is 5. The van der Waals surface area contributed by atoms with Crippen molar-refractivity contribution in [2.24, 2.45) is 0 Å². The van der Waals surface area contributed by atoms with Crippen molar-refractivity contribution in [1.29, 1.82) is 0 Å². The van der Waals surface area contributed by atoms with Gasteiger partial charge in [0.15, 0.2) is 0 Å². The number of pyridine rings is 2. The maximum absolute atomic E-state index is 5.47. The lowest BCUT2D eigenvalue weighted by molar-refractivity contribution is 0.740. The quantitative estimate of drug-likeness (QED) is 0.180. The van der Waals surface area contributed by atoms with Crippen molar-refractivity contribution in [3.63, 3.8) is 0 Å². The Morgan fingerprint density at radius 2 is 0.759 bits per heavy atom. The van der Waals surface area contributed by atoms with Crippen LogP contribution in [-0.2, 0) is 0 Å². The highest BCUT2D eigenvalue weighted by Crippen LogP contribution is 2.52. The van der Waals surface area contributed by atoms with Gasteiger partial charge in [0.1, 0.15) is 23.3 Å². The van der Waals surface area contributed by atoms with E-state index in [1.54, 1.807) is 0 Å². The molecule has 2 unspecified atom stereocenters. The highest BCUT2D eigenvalue weighted by Gasteiger charge is 2.40. The summed E-state index contributed by atoms with van der Waals surface area (Å²) in [5.41, 5.74) is 9.37. The average molecular weight is 743 g/mol. The van der Waals surface area contributed by atoms with Crippen LogP contribution in [-0.4, -0.2) is 29.7 Å². The zero-order chi connectivity index (χ0) is 37.9. The molecule has 2 aliphatic rings. The molecule has 6 heterocycles. The van der Waals surface area contributed by atoms with E-state index in [1.807, 2.05) is 0 Å². The van der Waals surface area contributed by atoms with E-state index in [2.05, 4.69) is 213 Å². The zero-order valence-electron chi connectivity index (χ0n) is 31.3. The maximum Gasteiger partial charge on any atom is 0.140 e. The molecule has 0 saturated carbocycles. The molecular formula is C52H34N6. The first-order chi connectivity index (χ1) is 28.8. The molecule has 0 amide bonds. The summed E-state index contributed by atoms with van der Waals surface area (Å²) in [5.74, 6) is 3.75. The van der Waals surface area contributed by atoms with Crippen LogP contribution in [0.25, 0.3) is 82.9 Å². The largest absolute Gasteiger partial charge is 0.318 e. The molecule has 272 valence electrons. The first-order valence-corrected chi connectivity index (χ1v) is 19.9. The molecule has 6 nitrogen and oxygen atoms in total. The predicted octanol–water partition coefficient (Wildman–Crippen LogP) is 12.5. The Bertz CT molecular complexity index is 3450. The van der Waals surface area contributed by atoms with Crippen molar-refractivity contribution in [3.05, 3.63) is 200 Å². The first kappa shape index (κ1) is 31.5. The van der Waals surface area contributed by atoms with E-state index < -0.39 is 0 Å². The van der Waals surface area contributed by atoms with Crippen LogP contribution in [0.3, 0.4) is 0 Å². The van der Waals surface area contributed by atoms with Crippen molar-refractivity contribution in [2.45, 2.75) is 12.0 Å². The number of nitrogens with zero attached hydrogens (tertiary/aromatic N) is 6. The van der Waals surface area contributed by atoms with E-state index >= 15 is 0 Å².